The number of ether oxygens (including phenoxy) is 1. The Labute approximate surface area is 127 Å². The summed E-state index contributed by atoms with van der Waals surface area (Å²) in [6.45, 7) is 1.80. The molecule has 0 aliphatic carbocycles. The van der Waals surface area contributed by atoms with E-state index >= 15 is 0 Å². The van der Waals surface area contributed by atoms with Crippen LogP contribution in [0.4, 0.5) is 13.2 Å². The highest BCUT2D eigenvalue weighted by Gasteiger charge is 2.15. The number of unbranched alkanes of at least 4 members (excludes halogenated alkanes) is 1. The molecule has 1 N–H and O–H groups in total. The van der Waals surface area contributed by atoms with Crippen molar-refractivity contribution in [1.29, 1.82) is 0 Å². The van der Waals surface area contributed by atoms with Crippen LogP contribution in [0.2, 0.25) is 0 Å². The molecule has 2 aromatic rings. The molecule has 2 nitrogen and oxygen atoms in total. The zero-order valence-electron chi connectivity index (χ0n) is 12.2. The summed E-state index contributed by atoms with van der Waals surface area (Å²) in [7, 11) is 0. The van der Waals surface area contributed by atoms with Crippen LogP contribution in [0.15, 0.2) is 30.3 Å². The van der Waals surface area contributed by atoms with Gasteiger partial charge >= 0.3 is 0 Å². The van der Waals surface area contributed by atoms with E-state index in [1.165, 1.54) is 24.3 Å². The molecule has 0 aromatic heterocycles. The van der Waals surface area contributed by atoms with E-state index in [1.807, 2.05) is 6.92 Å². The van der Waals surface area contributed by atoms with Gasteiger partial charge in [-0.05, 0) is 24.1 Å². The molecule has 0 aliphatic heterocycles. The summed E-state index contributed by atoms with van der Waals surface area (Å²) < 4.78 is 46.9. The number of hydrogen-bond acceptors (Lipinski definition) is 2. The Kier molecular flexibility index (Phi) is 5.44. The Morgan fingerprint density at radius 2 is 1.82 bits per heavy atom. The highest BCUT2D eigenvalue weighted by Crippen LogP contribution is 2.29. The Morgan fingerprint density at radius 3 is 2.45 bits per heavy atom. The van der Waals surface area contributed by atoms with E-state index in [0.29, 0.717) is 6.61 Å². The highest BCUT2D eigenvalue weighted by molar-refractivity contribution is 5.65. The molecule has 2 rings (SSSR count). The lowest BCUT2D eigenvalue weighted by Crippen LogP contribution is -2.00. The molecule has 0 radical (unpaired) electrons. The van der Waals surface area contributed by atoms with Crippen molar-refractivity contribution in [1.82, 2.24) is 0 Å². The molecule has 0 heterocycles. The lowest BCUT2D eigenvalue weighted by molar-refractivity contribution is 0.273. The van der Waals surface area contributed by atoms with Crippen molar-refractivity contribution in [3.8, 4) is 16.9 Å². The maximum Gasteiger partial charge on any atom is 0.167 e. The van der Waals surface area contributed by atoms with Gasteiger partial charge in [0.05, 0.1) is 13.2 Å². The maximum atomic E-state index is 14.0. The van der Waals surface area contributed by atoms with Gasteiger partial charge in [-0.1, -0.05) is 31.5 Å². The van der Waals surface area contributed by atoms with Crippen molar-refractivity contribution in [2.24, 2.45) is 0 Å². The molecule has 2 aromatic carbocycles. The second kappa shape index (κ2) is 7.31. The van der Waals surface area contributed by atoms with E-state index in [1.54, 1.807) is 0 Å². The van der Waals surface area contributed by atoms with Crippen LogP contribution in [-0.2, 0) is 6.61 Å². The third kappa shape index (κ3) is 3.42. The van der Waals surface area contributed by atoms with E-state index in [4.69, 9.17) is 9.84 Å². The lowest BCUT2D eigenvalue weighted by Gasteiger charge is -2.10. The second-order valence-electron chi connectivity index (χ2n) is 4.91. The Morgan fingerprint density at radius 1 is 1.05 bits per heavy atom. The van der Waals surface area contributed by atoms with Crippen LogP contribution in [0.3, 0.4) is 0 Å². The topological polar surface area (TPSA) is 29.5 Å². The predicted molar refractivity (Wildman–Crippen MR) is 78.1 cm³/mol. The third-order valence-electron chi connectivity index (χ3n) is 3.33. The largest absolute Gasteiger partial charge is 0.491 e. The van der Waals surface area contributed by atoms with Crippen molar-refractivity contribution in [3.63, 3.8) is 0 Å². The molecule has 0 saturated heterocycles. The Bertz CT molecular complexity index is 657. The third-order valence-corrected chi connectivity index (χ3v) is 3.33. The van der Waals surface area contributed by atoms with Gasteiger partial charge in [-0.2, -0.15) is 0 Å². The first-order valence-electron chi connectivity index (χ1n) is 7.09. The molecule has 22 heavy (non-hydrogen) atoms. The van der Waals surface area contributed by atoms with Gasteiger partial charge in [-0.15, -0.1) is 0 Å². The van der Waals surface area contributed by atoms with Crippen molar-refractivity contribution in [3.05, 3.63) is 53.3 Å². The molecule has 118 valence electrons. The van der Waals surface area contributed by atoms with Crippen molar-refractivity contribution in [2.45, 2.75) is 26.4 Å². The first kappa shape index (κ1) is 16.4. The normalized spacial score (nSPS) is 10.8. The molecule has 0 amide bonds. The van der Waals surface area contributed by atoms with Gasteiger partial charge in [0.1, 0.15) is 0 Å². The first-order valence-corrected chi connectivity index (χ1v) is 7.09. The molecule has 5 heteroatoms. The lowest BCUT2D eigenvalue weighted by atomic mass is 10.0. The minimum Gasteiger partial charge on any atom is -0.491 e. The summed E-state index contributed by atoms with van der Waals surface area (Å²) >= 11 is 0. The van der Waals surface area contributed by atoms with Crippen LogP contribution >= 0.6 is 0 Å². The van der Waals surface area contributed by atoms with E-state index < -0.39 is 24.1 Å². The van der Waals surface area contributed by atoms with Gasteiger partial charge in [0.2, 0.25) is 0 Å². The Balaban J connectivity index is 2.30. The number of rotatable bonds is 6. The van der Waals surface area contributed by atoms with E-state index in [-0.39, 0.29) is 22.4 Å². The van der Waals surface area contributed by atoms with Crippen molar-refractivity contribution >= 4 is 0 Å². The fourth-order valence-electron chi connectivity index (χ4n) is 2.05. The van der Waals surface area contributed by atoms with Gasteiger partial charge < -0.3 is 9.84 Å². The van der Waals surface area contributed by atoms with Crippen LogP contribution in [0.25, 0.3) is 11.1 Å². The molecule has 0 bridgehead atoms. The fourth-order valence-corrected chi connectivity index (χ4v) is 2.05. The zero-order chi connectivity index (χ0) is 16.1. The summed E-state index contributed by atoms with van der Waals surface area (Å²) in [5.41, 5.74) is 0.0104. The smallest absolute Gasteiger partial charge is 0.167 e. The average Bonchev–Trinajstić information content (AvgIpc) is 2.52. The number of aliphatic hydroxyl groups is 1. The van der Waals surface area contributed by atoms with Crippen LogP contribution in [-0.4, -0.2) is 11.7 Å². The van der Waals surface area contributed by atoms with E-state index in [2.05, 4.69) is 0 Å². The van der Waals surface area contributed by atoms with Gasteiger partial charge in [0, 0.05) is 11.1 Å². The standard InChI is InChI=1S/C17H17F3O2/c1-2-3-8-22-15-7-5-11(9-14(15)18)13-6-4-12(10-21)16(19)17(13)20/h4-7,9,21H,2-3,8,10H2,1H3. The minimum atomic E-state index is -1.12. The maximum absolute atomic E-state index is 14.0. The van der Waals surface area contributed by atoms with Crippen LogP contribution in [0.5, 0.6) is 5.75 Å². The van der Waals surface area contributed by atoms with E-state index in [0.717, 1.165) is 18.9 Å². The first-order chi connectivity index (χ1) is 10.6. The summed E-state index contributed by atoms with van der Waals surface area (Å²) in [6, 6.07) is 6.57. The quantitative estimate of drug-likeness (QED) is 0.799. The van der Waals surface area contributed by atoms with Crippen LogP contribution in [0.1, 0.15) is 25.3 Å². The molecular formula is C17H17F3O2. The number of benzene rings is 2. The molecule has 0 saturated carbocycles. The zero-order valence-corrected chi connectivity index (χ0v) is 12.2. The minimum absolute atomic E-state index is 0.0614. The van der Waals surface area contributed by atoms with Crippen molar-refractivity contribution < 1.29 is 23.0 Å². The molecule has 0 aliphatic rings. The number of aliphatic hydroxyl groups excluding tert-OH is 1. The van der Waals surface area contributed by atoms with Gasteiger partial charge in [0.25, 0.3) is 0 Å². The summed E-state index contributed by atoms with van der Waals surface area (Å²) in [4.78, 5) is 0. The monoisotopic (exact) mass is 310 g/mol. The van der Waals surface area contributed by atoms with Crippen LogP contribution < -0.4 is 4.74 Å². The predicted octanol–water partition coefficient (Wildman–Crippen LogP) is 4.44. The average molecular weight is 310 g/mol. The van der Waals surface area contributed by atoms with Crippen molar-refractivity contribution in [2.75, 3.05) is 6.61 Å². The molecule has 0 fully saturated rings. The van der Waals surface area contributed by atoms with E-state index in [9.17, 15) is 13.2 Å². The molecule has 0 unspecified atom stereocenters. The van der Waals surface area contributed by atoms with Gasteiger partial charge in [-0.25, -0.2) is 13.2 Å². The molecule has 0 atom stereocenters. The SMILES string of the molecule is CCCCOc1ccc(-c2ccc(CO)c(F)c2F)cc1F. The Hall–Kier alpha value is -2.01. The number of halogens is 3. The fraction of sp³-hybridized carbons (Fsp3) is 0.294. The highest BCUT2D eigenvalue weighted by atomic mass is 19.2. The van der Waals surface area contributed by atoms with Gasteiger partial charge in [-0.3, -0.25) is 0 Å². The number of hydrogen-bond donors (Lipinski definition) is 1. The summed E-state index contributed by atoms with van der Waals surface area (Å²) in [5, 5.41) is 8.90. The summed E-state index contributed by atoms with van der Waals surface area (Å²) in [5.74, 6) is -2.76. The van der Waals surface area contributed by atoms with Gasteiger partial charge in [0.15, 0.2) is 23.2 Å². The molecular weight excluding hydrogens is 293 g/mol. The molecule has 0 spiro atoms. The second-order valence-corrected chi connectivity index (χ2v) is 4.91. The summed E-state index contributed by atoms with van der Waals surface area (Å²) in [6.07, 6.45) is 1.74. The van der Waals surface area contributed by atoms with Crippen LogP contribution in [0, 0.1) is 17.5 Å².